The first kappa shape index (κ1) is 18.7. The van der Waals surface area contributed by atoms with Crippen molar-refractivity contribution in [2.24, 2.45) is 14.1 Å². The van der Waals surface area contributed by atoms with Gasteiger partial charge in [0, 0.05) is 25.7 Å². The van der Waals surface area contributed by atoms with Gasteiger partial charge in [0.05, 0.1) is 23.9 Å². The summed E-state index contributed by atoms with van der Waals surface area (Å²) < 4.78 is 3.73. The van der Waals surface area contributed by atoms with Crippen molar-refractivity contribution in [2.75, 3.05) is 5.32 Å². The molecule has 0 aliphatic carbocycles. The second-order valence-corrected chi connectivity index (χ2v) is 7.36. The van der Waals surface area contributed by atoms with E-state index in [2.05, 4.69) is 20.3 Å². The molecule has 0 unspecified atom stereocenters. The van der Waals surface area contributed by atoms with E-state index in [-0.39, 0.29) is 17.1 Å². The largest absolute Gasteiger partial charge is 0.332 e. The van der Waals surface area contributed by atoms with Crippen LogP contribution >= 0.6 is 11.3 Å². The van der Waals surface area contributed by atoms with Gasteiger partial charge in [-0.2, -0.15) is 0 Å². The lowest BCUT2D eigenvalue weighted by Gasteiger charge is -2.15. The van der Waals surface area contributed by atoms with Crippen LogP contribution in [0.4, 0.5) is 5.69 Å². The van der Waals surface area contributed by atoms with Crippen LogP contribution < -0.4 is 16.6 Å². The second kappa shape index (κ2) is 7.09. The number of anilines is 1. The van der Waals surface area contributed by atoms with Crippen molar-refractivity contribution in [3.8, 4) is 10.7 Å². The van der Waals surface area contributed by atoms with Crippen molar-refractivity contribution >= 4 is 34.1 Å². The van der Waals surface area contributed by atoms with E-state index < -0.39 is 17.3 Å². The molecular weight excluding hydrogens is 394 g/mol. The summed E-state index contributed by atoms with van der Waals surface area (Å²) in [6, 6.07) is 2.78. The van der Waals surface area contributed by atoms with Gasteiger partial charge < -0.3 is 9.88 Å². The summed E-state index contributed by atoms with van der Waals surface area (Å²) in [4.78, 5) is 50.0. The molecule has 10 nitrogen and oxygen atoms in total. The number of rotatable bonds is 4. The Balaban J connectivity index is 1.62. The van der Waals surface area contributed by atoms with E-state index in [1.54, 1.807) is 31.5 Å². The highest BCUT2D eigenvalue weighted by molar-refractivity contribution is 7.13. The quantitative estimate of drug-likeness (QED) is 0.538. The zero-order valence-corrected chi connectivity index (χ0v) is 16.7. The Hall–Kier alpha value is -3.60. The fourth-order valence-corrected chi connectivity index (χ4v) is 3.59. The molecule has 0 aromatic carbocycles. The summed E-state index contributed by atoms with van der Waals surface area (Å²) in [6.45, 7) is 1.65. The van der Waals surface area contributed by atoms with Crippen molar-refractivity contribution in [3.05, 3.63) is 57.1 Å². The molecule has 0 bridgehead atoms. The van der Waals surface area contributed by atoms with Crippen LogP contribution in [0.1, 0.15) is 13.0 Å². The lowest BCUT2D eigenvalue weighted by Crippen LogP contribution is -2.38. The van der Waals surface area contributed by atoms with Crippen LogP contribution in [0, 0.1) is 0 Å². The van der Waals surface area contributed by atoms with Gasteiger partial charge in [0.2, 0.25) is 5.91 Å². The first-order chi connectivity index (χ1) is 13.9. The van der Waals surface area contributed by atoms with Gasteiger partial charge >= 0.3 is 5.69 Å². The van der Waals surface area contributed by atoms with Gasteiger partial charge in [-0.25, -0.2) is 14.8 Å². The minimum Gasteiger partial charge on any atom is -0.323 e. The van der Waals surface area contributed by atoms with E-state index >= 15 is 0 Å². The highest BCUT2D eigenvalue weighted by Gasteiger charge is 2.22. The molecule has 0 fully saturated rings. The van der Waals surface area contributed by atoms with Crippen LogP contribution in [0.25, 0.3) is 21.9 Å². The van der Waals surface area contributed by atoms with Crippen LogP contribution in [0.2, 0.25) is 0 Å². The molecule has 0 aliphatic heterocycles. The number of amides is 1. The van der Waals surface area contributed by atoms with Gasteiger partial charge in [-0.15, -0.1) is 11.3 Å². The number of hydrogen-bond donors (Lipinski definition) is 1. The minimum absolute atomic E-state index is 0.189. The van der Waals surface area contributed by atoms with Crippen molar-refractivity contribution in [2.45, 2.75) is 13.0 Å². The Bertz CT molecular complexity index is 1320. The Morgan fingerprint density at radius 3 is 2.59 bits per heavy atom. The van der Waals surface area contributed by atoms with Gasteiger partial charge in [0.1, 0.15) is 11.0 Å². The van der Waals surface area contributed by atoms with Gasteiger partial charge in [0.25, 0.3) is 5.56 Å². The Morgan fingerprint density at radius 1 is 1.14 bits per heavy atom. The first-order valence-corrected chi connectivity index (χ1v) is 9.55. The van der Waals surface area contributed by atoms with Crippen LogP contribution in [-0.4, -0.2) is 34.6 Å². The monoisotopic (exact) mass is 411 g/mol. The Labute approximate surface area is 168 Å². The number of aromatic nitrogens is 6. The van der Waals surface area contributed by atoms with Crippen LogP contribution in [0.5, 0.6) is 0 Å². The molecule has 11 heteroatoms. The highest BCUT2D eigenvalue weighted by atomic mass is 32.1. The summed E-state index contributed by atoms with van der Waals surface area (Å²) >= 11 is 1.48. The molecular formula is C18H17N7O3S. The molecule has 0 aliphatic rings. The van der Waals surface area contributed by atoms with Gasteiger partial charge in [0.15, 0.2) is 11.2 Å². The Morgan fingerprint density at radius 2 is 1.93 bits per heavy atom. The zero-order valence-electron chi connectivity index (χ0n) is 15.9. The van der Waals surface area contributed by atoms with Crippen molar-refractivity contribution in [1.29, 1.82) is 0 Å². The SMILES string of the molecule is C[C@H](C(=O)Nc1ccc(-c2nccs2)nc1)n1cnc2c1c(=O)n(C)c(=O)n2C. The maximum atomic E-state index is 12.7. The number of carbonyl (C=O) groups excluding carboxylic acids is 1. The van der Waals surface area contributed by atoms with E-state index in [1.165, 1.54) is 40.9 Å². The van der Waals surface area contributed by atoms with E-state index in [4.69, 9.17) is 0 Å². The highest BCUT2D eigenvalue weighted by Crippen LogP contribution is 2.21. The molecule has 4 heterocycles. The summed E-state index contributed by atoms with van der Waals surface area (Å²) in [5.41, 5.74) is 0.677. The molecule has 4 rings (SSSR count). The van der Waals surface area contributed by atoms with Crippen LogP contribution in [-0.2, 0) is 18.9 Å². The smallest absolute Gasteiger partial charge is 0.323 e. The maximum Gasteiger partial charge on any atom is 0.332 e. The molecule has 1 amide bonds. The van der Waals surface area contributed by atoms with Crippen molar-refractivity contribution in [3.63, 3.8) is 0 Å². The number of nitrogens with one attached hydrogen (secondary N) is 1. The second-order valence-electron chi connectivity index (χ2n) is 6.46. The number of aryl methyl sites for hydroxylation is 1. The Kier molecular flexibility index (Phi) is 4.59. The molecule has 0 radical (unpaired) electrons. The number of fused-ring (bicyclic) bond motifs is 1. The molecule has 0 saturated heterocycles. The number of thiazole rings is 1. The number of nitrogens with zero attached hydrogens (tertiary/aromatic N) is 6. The van der Waals surface area contributed by atoms with Crippen molar-refractivity contribution < 1.29 is 4.79 Å². The topological polar surface area (TPSA) is 117 Å². The predicted molar refractivity (Wildman–Crippen MR) is 109 cm³/mol. The molecule has 4 aromatic rings. The summed E-state index contributed by atoms with van der Waals surface area (Å²) in [5.74, 6) is -0.344. The third-order valence-electron chi connectivity index (χ3n) is 4.65. The van der Waals surface area contributed by atoms with Crippen LogP contribution in [0.3, 0.4) is 0 Å². The van der Waals surface area contributed by atoms with E-state index in [9.17, 15) is 14.4 Å². The molecule has 29 heavy (non-hydrogen) atoms. The predicted octanol–water partition coefficient (Wildman–Crippen LogP) is 1.15. The third-order valence-corrected chi connectivity index (χ3v) is 5.45. The average molecular weight is 411 g/mol. The number of imidazole rings is 1. The third kappa shape index (κ3) is 3.14. The fourth-order valence-electron chi connectivity index (χ4n) is 2.98. The lowest BCUT2D eigenvalue weighted by molar-refractivity contribution is -0.118. The molecule has 148 valence electrons. The van der Waals surface area contributed by atoms with Crippen LogP contribution in [0.15, 0.2) is 45.8 Å². The number of carbonyl (C=O) groups is 1. The molecule has 1 N–H and O–H groups in total. The normalized spacial score (nSPS) is 12.2. The minimum atomic E-state index is -0.733. The van der Waals surface area contributed by atoms with Gasteiger partial charge in [-0.1, -0.05) is 0 Å². The average Bonchev–Trinajstić information content (AvgIpc) is 3.41. The van der Waals surface area contributed by atoms with E-state index in [0.717, 1.165) is 15.3 Å². The lowest BCUT2D eigenvalue weighted by atomic mass is 10.2. The summed E-state index contributed by atoms with van der Waals surface area (Å²) in [7, 11) is 2.92. The number of hydrogen-bond acceptors (Lipinski definition) is 7. The van der Waals surface area contributed by atoms with Crippen molar-refractivity contribution in [1.82, 2.24) is 28.7 Å². The summed E-state index contributed by atoms with van der Waals surface area (Å²) in [5, 5.41) is 5.44. The van der Waals surface area contributed by atoms with Gasteiger partial charge in [-0.05, 0) is 19.1 Å². The first-order valence-electron chi connectivity index (χ1n) is 8.68. The molecule has 1 atom stereocenters. The summed E-state index contributed by atoms with van der Waals surface area (Å²) in [6.07, 6.45) is 4.64. The molecule has 4 aromatic heterocycles. The van der Waals surface area contributed by atoms with Gasteiger partial charge in [-0.3, -0.25) is 23.7 Å². The zero-order chi connectivity index (χ0) is 20.7. The van der Waals surface area contributed by atoms with E-state index in [0.29, 0.717) is 5.69 Å². The molecule has 0 saturated carbocycles. The number of pyridine rings is 1. The van der Waals surface area contributed by atoms with E-state index in [1.807, 2.05) is 5.38 Å². The maximum absolute atomic E-state index is 12.7. The fraction of sp³-hybridized carbons (Fsp3) is 0.222. The molecule has 0 spiro atoms. The standard InChI is InChI=1S/C18H17N7O3S/c1-10(25-9-21-14-13(25)17(27)24(3)18(28)23(14)2)15(26)22-11-4-5-12(20-8-11)16-19-6-7-29-16/h4-10H,1-3H3,(H,22,26)/t10-/m1/s1.